The van der Waals surface area contributed by atoms with Crippen molar-refractivity contribution in [3.8, 4) is 0 Å². The van der Waals surface area contributed by atoms with Crippen molar-refractivity contribution >= 4 is 29.4 Å². The number of carbonyl (C=O) groups excluding carboxylic acids is 3. The Kier molecular flexibility index (Phi) is 3.86. The third kappa shape index (κ3) is 2.56. The van der Waals surface area contributed by atoms with E-state index in [1.165, 1.54) is 11.0 Å². The van der Waals surface area contributed by atoms with Gasteiger partial charge < -0.3 is 0 Å². The summed E-state index contributed by atoms with van der Waals surface area (Å²) in [6, 6.07) is 16.3. The Morgan fingerprint density at radius 1 is 0.857 bits per heavy atom. The molecule has 1 aliphatic heterocycles. The second-order valence-electron chi connectivity index (χ2n) is 7.67. The van der Waals surface area contributed by atoms with E-state index in [0.717, 1.165) is 12.0 Å². The summed E-state index contributed by atoms with van der Waals surface area (Å²) in [5.41, 5.74) is 2.09. The number of fused-ring (bicyclic) bond motifs is 5. The largest absolute Gasteiger partial charge is 0.289 e. The van der Waals surface area contributed by atoms with Crippen LogP contribution in [0.5, 0.6) is 0 Å². The molecule has 1 saturated carbocycles. The summed E-state index contributed by atoms with van der Waals surface area (Å²) < 4.78 is 0. The predicted molar refractivity (Wildman–Crippen MR) is 106 cm³/mol. The van der Waals surface area contributed by atoms with Crippen LogP contribution in [0.25, 0.3) is 6.08 Å². The number of ketones is 1. The van der Waals surface area contributed by atoms with Crippen LogP contribution in [0.4, 0.5) is 5.69 Å². The van der Waals surface area contributed by atoms with Gasteiger partial charge in [-0.05, 0) is 42.0 Å². The molecule has 2 aliphatic carbocycles. The monoisotopic (exact) mass is 369 g/mol. The molecule has 2 fully saturated rings. The van der Waals surface area contributed by atoms with E-state index in [1.54, 1.807) is 30.3 Å². The molecule has 0 aromatic heterocycles. The summed E-state index contributed by atoms with van der Waals surface area (Å²) in [5.74, 6) is -0.171. The summed E-state index contributed by atoms with van der Waals surface area (Å²) in [4.78, 5) is 39.2. The average Bonchev–Trinajstić information content (AvgIpc) is 3.41. The molecule has 5 rings (SSSR count). The zero-order valence-corrected chi connectivity index (χ0v) is 15.2. The van der Waals surface area contributed by atoms with Gasteiger partial charge in [0.05, 0.1) is 17.5 Å². The van der Waals surface area contributed by atoms with Crippen LogP contribution in [-0.2, 0) is 9.59 Å². The minimum Gasteiger partial charge on any atom is -0.289 e. The van der Waals surface area contributed by atoms with E-state index in [2.05, 4.69) is 12.2 Å². The SMILES string of the molecule is O=C(/C=C/c1ccc(N2C(=O)[C@@H]3[C@H](C2=O)[C@H]2C=C[C@H]3C2)cc1)c1ccccc1. The molecule has 3 aliphatic rings. The highest BCUT2D eigenvalue weighted by Crippen LogP contribution is 2.53. The number of hydrogen-bond donors (Lipinski definition) is 0. The smallest absolute Gasteiger partial charge is 0.238 e. The van der Waals surface area contributed by atoms with Crippen LogP contribution in [0, 0.1) is 23.7 Å². The van der Waals surface area contributed by atoms with Crippen LogP contribution in [-0.4, -0.2) is 17.6 Å². The van der Waals surface area contributed by atoms with Crippen molar-refractivity contribution in [3.63, 3.8) is 0 Å². The van der Waals surface area contributed by atoms with Crippen molar-refractivity contribution in [3.05, 3.63) is 84.0 Å². The lowest BCUT2D eigenvalue weighted by molar-refractivity contribution is -0.123. The molecule has 2 bridgehead atoms. The Hall–Kier alpha value is -3.27. The molecule has 0 unspecified atom stereocenters. The van der Waals surface area contributed by atoms with Gasteiger partial charge in [0.2, 0.25) is 11.8 Å². The summed E-state index contributed by atoms with van der Waals surface area (Å²) in [6.45, 7) is 0. The van der Waals surface area contributed by atoms with Gasteiger partial charge in [0.15, 0.2) is 5.78 Å². The summed E-state index contributed by atoms with van der Waals surface area (Å²) in [7, 11) is 0. The minimum atomic E-state index is -0.189. The number of benzene rings is 2. The maximum Gasteiger partial charge on any atom is 0.238 e. The molecular formula is C24H19NO3. The fourth-order valence-electron chi connectivity index (χ4n) is 4.76. The van der Waals surface area contributed by atoms with Gasteiger partial charge in [-0.25, -0.2) is 0 Å². The van der Waals surface area contributed by atoms with Crippen molar-refractivity contribution in [2.75, 3.05) is 4.90 Å². The highest BCUT2D eigenvalue weighted by molar-refractivity contribution is 6.22. The lowest BCUT2D eigenvalue weighted by Crippen LogP contribution is -2.32. The number of hydrogen-bond acceptors (Lipinski definition) is 3. The lowest BCUT2D eigenvalue weighted by atomic mass is 9.85. The average molecular weight is 369 g/mol. The molecular weight excluding hydrogens is 350 g/mol. The summed E-state index contributed by atoms with van der Waals surface area (Å²) in [6.07, 6.45) is 8.39. The standard InChI is InChI=1S/C24H19NO3/c26-20(16-4-2-1-3-5-16)13-8-15-6-11-19(12-7-15)25-23(27)21-17-9-10-18(14-17)22(21)24(25)28/h1-13,17-18,21-22H,14H2/b13-8+/t17-,18-,21-,22+/m0/s1. The van der Waals surface area contributed by atoms with E-state index in [-0.39, 0.29) is 41.3 Å². The summed E-state index contributed by atoms with van der Waals surface area (Å²) >= 11 is 0. The van der Waals surface area contributed by atoms with Gasteiger partial charge in [-0.1, -0.05) is 60.7 Å². The van der Waals surface area contributed by atoms with Gasteiger partial charge in [-0.2, -0.15) is 0 Å². The molecule has 1 saturated heterocycles. The Labute approximate surface area is 163 Å². The van der Waals surface area contributed by atoms with E-state index in [9.17, 15) is 14.4 Å². The molecule has 2 aromatic rings. The number of nitrogens with zero attached hydrogens (tertiary/aromatic N) is 1. The first kappa shape index (κ1) is 16.9. The quantitative estimate of drug-likeness (QED) is 0.356. The van der Waals surface area contributed by atoms with Crippen molar-refractivity contribution in [1.82, 2.24) is 0 Å². The minimum absolute atomic E-state index is 0.0645. The molecule has 2 amide bonds. The third-order valence-electron chi connectivity index (χ3n) is 6.11. The van der Waals surface area contributed by atoms with Crippen LogP contribution in [0.1, 0.15) is 22.3 Å². The Morgan fingerprint density at radius 3 is 2.07 bits per heavy atom. The first-order chi connectivity index (χ1) is 13.6. The molecule has 4 heteroatoms. The summed E-state index contributed by atoms with van der Waals surface area (Å²) in [5, 5.41) is 0. The zero-order valence-electron chi connectivity index (χ0n) is 15.2. The predicted octanol–water partition coefficient (Wildman–Crippen LogP) is 3.89. The van der Waals surface area contributed by atoms with Gasteiger partial charge in [0.1, 0.15) is 0 Å². The van der Waals surface area contributed by atoms with Gasteiger partial charge in [-0.15, -0.1) is 0 Å². The first-order valence-corrected chi connectivity index (χ1v) is 9.57. The third-order valence-corrected chi connectivity index (χ3v) is 6.11. The number of amides is 2. The molecule has 2 aromatic carbocycles. The highest BCUT2D eigenvalue weighted by Gasteiger charge is 2.59. The Bertz CT molecular complexity index is 990. The van der Waals surface area contributed by atoms with Gasteiger partial charge in [-0.3, -0.25) is 19.3 Å². The Morgan fingerprint density at radius 2 is 1.46 bits per heavy atom. The van der Waals surface area contributed by atoms with Gasteiger partial charge in [0.25, 0.3) is 0 Å². The lowest BCUT2D eigenvalue weighted by Gasteiger charge is -2.17. The van der Waals surface area contributed by atoms with Gasteiger partial charge in [0, 0.05) is 5.56 Å². The van der Waals surface area contributed by atoms with E-state index >= 15 is 0 Å². The zero-order chi connectivity index (χ0) is 19.3. The van der Waals surface area contributed by atoms with Crippen molar-refractivity contribution in [2.45, 2.75) is 6.42 Å². The number of carbonyl (C=O) groups is 3. The van der Waals surface area contributed by atoms with Crippen molar-refractivity contribution < 1.29 is 14.4 Å². The van der Waals surface area contributed by atoms with Crippen molar-refractivity contribution in [2.24, 2.45) is 23.7 Å². The number of anilines is 1. The van der Waals surface area contributed by atoms with Crippen LogP contribution >= 0.6 is 0 Å². The topological polar surface area (TPSA) is 54.5 Å². The first-order valence-electron chi connectivity index (χ1n) is 9.57. The van der Waals surface area contributed by atoms with Crippen LogP contribution < -0.4 is 4.90 Å². The molecule has 0 spiro atoms. The Balaban J connectivity index is 1.33. The highest BCUT2D eigenvalue weighted by atomic mass is 16.2. The number of rotatable bonds is 4. The van der Waals surface area contributed by atoms with E-state index in [4.69, 9.17) is 0 Å². The second-order valence-corrected chi connectivity index (χ2v) is 7.67. The van der Waals surface area contributed by atoms with Gasteiger partial charge >= 0.3 is 0 Å². The molecule has 0 N–H and O–H groups in total. The van der Waals surface area contributed by atoms with E-state index in [1.807, 2.05) is 30.3 Å². The maximum absolute atomic E-state index is 12.9. The maximum atomic E-state index is 12.9. The molecule has 138 valence electrons. The van der Waals surface area contributed by atoms with Crippen LogP contribution in [0.15, 0.2) is 72.8 Å². The molecule has 4 atom stereocenters. The number of imide groups is 1. The van der Waals surface area contributed by atoms with Crippen LogP contribution in [0.3, 0.4) is 0 Å². The molecule has 4 nitrogen and oxygen atoms in total. The molecule has 28 heavy (non-hydrogen) atoms. The fraction of sp³-hybridized carbons (Fsp3) is 0.208. The fourth-order valence-corrected chi connectivity index (χ4v) is 4.76. The van der Waals surface area contributed by atoms with E-state index < -0.39 is 0 Å². The molecule has 0 radical (unpaired) electrons. The second kappa shape index (κ2) is 6.41. The van der Waals surface area contributed by atoms with Crippen LogP contribution in [0.2, 0.25) is 0 Å². The number of allylic oxidation sites excluding steroid dienone is 3. The van der Waals surface area contributed by atoms with Crippen molar-refractivity contribution in [1.29, 1.82) is 0 Å². The molecule has 1 heterocycles. The van der Waals surface area contributed by atoms with E-state index in [0.29, 0.717) is 11.3 Å². The normalized spacial score (nSPS) is 27.8.